The molecular formula is C22H26N4O2. The largest absolute Gasteiger partial charge is 0.468 e. The van der Waals surface area contributed by atoms with Crippen molar-refractivity contribution in [1.29, 1.82) is 0 Å². The number of aryl methyl sites for hydroxylation is 1. The first-order chi connectivity index (χ1) is 13.6. The highest BCUT2D eigenvalue weighted by molar-refractivity contribution is 5.96. The van der Waals surface area contributed by atoms with Crippen LogP contribution in [0, 0.1) is 13.8 Å². The molecule has 3 aromatic rings. The van der Waals surface area contributed by atoms with Crippen LogP contribution < -0.4 is 5.32 Å². The lowest BCUT2D eigenvalue weighted by molar-refractivity contribution is 0.0932. The number of carbonyl (C=O) groups excluding carboxylic acids is 1. The lowest BCUT2D eigenvalue weighted by Crippen LogP contribution is -2.37. The van der Waals surface area contributed by atoms with E-state index in [0.717, 1.165) is 35.9 Å². The van der Waals surface area contributed by atoms with Crippen LogP contribution in [0.5, 0.6) is 0 Å². The van der Waals surface area contributed by atoms with Crippen LogP contribution in [0.3, 0.4) is 0 Å². The average Bonchev–Trinajstić information content (AvgIpc) is 3.45. The lowest BCUT2D eigenvalue weighted by Gasteiger charge is -2.26. The Kier molecular flexibility index (Phi) is 5.30. The van der Waals surface area contributed by atoms with Gasteiger partial charge in [0.15, 0.2) is 0 Å². The Bertz CT molecular complexity index is 925. The van der Waals surface area contributed by atoms with Gasteiger partial charge in [-0.05, 0) is 64.0 Å². The first-order valence-corrected chi connectivity index (χ1v) is 9.82. The second-order valence-corrected chi connectivity index (χ2v) is 7.28. The number of hydrogen-bond donors (Lipinski definition) is 1. The van der Waals surface area contributed by atoms with Crippen molar-refractivity contribution in [3.63, 3.8) is 0 Å². The number of furan rings is 1. The lowest BCUT2D eigenvalue weighted by atomic mass is 10.1. The molecule has 2 aromatic heterocycles. The summed E-state index contributed by atoms with van der Waals surface area (Å²) in [5.41, 5.74) is 3.17. The fourth-order valence-corrected chi connectivity index (χ4v) is 4.01. The number of rotatable bonds is 6. The van der Waals surface area contributed by atoms with E-state index in [1.165, 1.54) is 12.8 Å². The van der Waals surface area contributed by atoms with E-state index in [2.05, 4.69) is 15.3 Å². The molecule has 1 saturated heterocycles. The summed E-state index contributed by atoms with van der Waals surface area (Å²) in [4.78, 5) is 15.4. The summed E-state index contributed by atoms with van der Waals surface area (Å²) in [6.45, 7) is 6.40. The summed E-state index contributed by atoms with van der Waals surface area (Å²) in [6, 6.07) is 13.8. The van der Waals surface area contributed by atoms with Crippen molar-refractivity contribution in [2.24, 2.45) is 0 Å². The van der Waals surface area contributed by atoms with Gasteiger partial charge in [0, 0.05) is 6.54 Å². The Morgan fingerprint density at radius 2 is 1.89 bits per heavy atom. The van der Waals surface area contributed by atoms with E-state index in [4.69, 9.17) is 4.42 Å². The van der Waals surface area contributed by atoms with Crippen LogP contribution in [0.4, 0.5) is 0 Å². The number of nitrogens with zero attached hydrogens (tertiary/aromatic N) is 3. The zero-order chi connectivity index (χ0) is 19.5. The van der Waals surface area contributed by atoms with Gasteiger partial charge < -0.3 is 9.73 Å². The van der Waals surface area contributed by atoms with Crippen molar-refractivity contribution in [3.8, 4) is 5.69 Å². The third-order valence-corrected chi connectivity index (χ3v) is 5.43. The number of para-hydroxylation sites is 1. The monoisotopic (exact) mass is 378 g/mol. The Morgan fingerprint density at radius 3 is 2.57 bits per heavy atom. The van der Waals surface area contributed by atoms with Gasteiger partial charge in [-0.1, -0.05) is 18.2 Å². The van der Waals surface area contributed by atoms with Gasteiger partial charge >= 0.3 is 0 Å². The van der Waals surface area contributed by atoms with Crippen molar-refractivity contribution in [1.82, 2.24) is 20.0 Å². The van der Waals surface area contributed by atoms with Gasteiger partial charge in [0.25, 0.3) is 5.91 Å². The first-order valence-electron chi connectivity index (χ1n) is 9.82. The predicted octanol–water partition coefficient (Wildman–Crippen LogP) is 3.65. The summed E-state index contributed by atoms with van der Waals surface area (Å²) >= 11 is 0. The highest BCUT2D eigenvalue weighted by atomic mass is 16.3. The minimum atomic E-state index is -0.0899. The first kappa shape index (κ1) is 18.5. The standard InChI is InChI=1S/C22H26N4O2/c1-16-21(17(2)26(24-16)18-9-4-3-5-10-18)22(27)23-15-19(20-11-8-14-28-20)25-12-6-7-13-25/h3-5,8-11,14,19H,6-7,12-13,15H2,1-2H3,(H,23,27)/t19-/m1/s1. The van der Waals surface area contributed by atoms with Crippen LogP contribution in [0.25, 0.3) is 5.69 Å². The molecule has 0 radical (unpaired) electrons. The van der Waals surface area contributed by atoms with E-state index >= 15 is 0 Å². The Hall–Kier alpha value is -2.86. The molecule has 146 valence electrons. The zero-order valence-corrected chi connectivity index (χ0v) is 16.4. The molecule has 1 aliphatic heterocycles. The summed E-state index contributed by atoms with van der Waals surface area (Å²) in [5.74, 6) is 0.809. The van der Waals surface area contributed by atoms with E-state index < -0.39 is 0 Å². The normalized spacial score (nSPS) is 15.6. The molecule has 1 amide bonds. The maximum atomic E-state index is 13.0. The van der Waals surface area contributed by atoms with Gasteiger partial charge in [-0.2, -0.15) is 5.10 Å². The third kappa shape index (κ3) is 3.60. The molecule has 1 N–H and O–H groups in total. The zero-order valence-electron chi connectivity index (χ0n) is 16.4. The molecule has 3 heterocycles. The third-order valence-electron chi connectivity index (χ3n) is 5.43. The molecule has 0 unspecified atom stereocenters. The van der Waals surface area contributed by atoms with E-state index in [0.29, 0.717) is 12.1 Å². The Balaban J connectivity index is 1.52. The second kappa shape index (κ2) is 8.02. The molecule has 6 heteroatoms. The Morgan fingerprint density at radius 1 is 1.14 bits per heavy atom. The summed E-state index contributed by atoms with van der Waals surface area (Å²) in [5, 5.41) is 7.70. The molecule has 0 spiro atoms. The second-order valence-electron chi connectivity index (χ2n) is 7.28. The molecule has 0 bridgehead atoms. The van der Waals surface area contributed by atoms with E-state index in [1.807, 2.05) is 61.0 Å². The minimum absolute atomic E-state index is 0.0613. The number of likely N-dealkylation sites (tertiary alicyclic amines) is 1. The maximum absolute atomic E-state index is 13.0. The molecule has 1 atom stereocenters. The van der Waals surface area contributed by atoms with Crippen molar-refractivity contribution in [3.05, 3.63) is 71.4 Å². The number of nitrogens with one attached hydrogen (secondary N) is 1. The maximum Gasteiger partial charge on any atom is 0.255 e. The number of hydrogen-bond acceptors (Lipinski definition) is 4. The van der Waals surface area contributed by atoms with Crippen molar-refractivity contribution < 1.29 is 9.21 Å². The van der Waals surface area contributed by atoms with Crippen molar-refractivity contribution in [2.75, 3.05) is 19.6 Å². The van der Waals surface area contributed by atoms with Crippen LogP contribution >= 0.6 is 0 Å². The molecule has 0 aliphatic carbocycles. The molecular weight excluding hydrogens is 352 g/mol. The molecule has 1 aromatic carbocycles. The van der Waals surface area contributed by atoms with Gasteiger partial charge in [0.2, 0.25) is 0 Å². The van der Waals surface area contributed by atoms with Crippen LogP contribution in [0.15, 0.2) is 53.1 Å². The molecule has 0 saturated carbocycles. The van der Waals surface area contributed by atoms with Crippen LogP contribution in [-0.4, -0.2) is 40.2 Å². The van der Waals surface area contributed by atoms with E-state index in [1.54, 1.807) is 6.26 Å². The number of benzene rings is 1. The predicted molar refractivity (Wildman–Crippen MR) is 108 cm³/mol. The summed E-state index contributed by atoms with van der Waals surface area (Å²) in [7, 11) is 0. The highest BCUT2D eigenvalue weighted by Gasteiger charge is 2.27. The van der Waals surface area contributed by atoms with Gasteiger partial charge in [0.1, 0.15) is 5.76 Å². The van der Waals surface area contributed by atoms with Crippen LogP contribution in [0.1, 0.15) is 46.4 Å². The SMILES string of the molecule is Cc1nn(-c2ccccc2)c(C)c1C(=O)NC[C@H](c1ccco1)N1CCCC1. The van der Waals surface area contributed by atoms with E-state index in [9.17, 15) is 4.79 Å². The number of carbonyl (C=O) groups is 1. The summed E-state index contributed by atoms with van der Waals surface area (Å²) < 4.78 is 7.47. The molecule has 4 rings (SSSR count). The molecule has 6 nitrogen and oxygen atoms in total. The fraction of sp³-hybridized carbons (Fsp3) is 0.364. The van der Waals surface area contributed by atoms with Gasteiger partial charge in [0.05, 0.1) is 34.9 Å². The number of aromatic nitrogens is 2. The van der Waals surface area contributed by atoms with Crippen LogP contribution in [-0.2, 0) is 0 Å². The molecule has 1 aliphatic rings. The smallest absolute Gasteiger partial charge is 0.255 e. The van der Waals surface area contributed by atoms with Gasteiger partial charge in [-0.25, -0.2) is 4.68 Å². The van der Waals surface area contributed by atoms with Crippen LogP contribution in [0.2, 0.25) is 0 Å². The van der Waals surface area contributed by atoms with Gasteiger partial charge in [-0.15, -0.1) is 0 Å². The fourth-order valence-electron chi connectivity index (χ4n) is 4.01. The number of amides is 1. The van der Waals surface area contributed by atoms with Crippen molar-refractivity contribution in [2.45, 2.75) is 32.7 Å². The van der Waals surface area contributed by atoms with Gasteiger partial charge in [-0.3, -0.25) is 9.69 Å². The highest BCUT2D eigenvalue weighted by Crippen LogP contribution is 2.25. The Labute approximate surface area is 165 Å². The molecule has 1 fully saturated rings. The van der Waals surface area contributed by atoms with E-state index in [-0.39, 0.29) is 11.9 Å². The average molecular weight is 378 g/mol. The topological polar surface area (TPSA) is 63.3 Å². The minimum Gasteiger partial charge on any atom is -0.468 e. The quantitative estimate of drug-likeness (QED) is 0.711. The molecule has 28 heavy (non-hydrogen) atoms. The van der Waals surface area contributed by atoms with Crippen molar-refractivity contribution >= 4 is 5.91 Å². The summed E-state index contributed by atoms with van der Waals surface area (Å²) in [6.07, 6.45) is 4.07.